The summed E-state index contributed by atoms with van der Waals surface area (Å²) in [6.07, 6.45) is 0.490. The summed E-state index contributed by atoms with van der Waals surface area (Å²) in [6.45, 7) is 3.93. The minimum absolute atomic E-state index is 0.0752. The van der Waals surface area contributed by atoms with Gasteiger partial charge in [-0.25, -0.2) is 0 Å². The van der Waals surface area contributed by atoms with Crippen LogP contribution in [0.4, 0.5) is 0 Å². The largest absolute Gasteiger partial charge is 0.496 e. The molecule has 0 fully saturated rings. The van der Waals surface area contributed by atoms with Gasteiger partial charge in [0.1, 0.15) is 5.75 Å². The number of ether oxygens (including phenoxy) is 1. The van der Waals surface area contributed by atoms with Crippen molar-refractivity contribution in [3.8, 4) is 5.75 Å². The van der Waals surface area contributed by atoms with Crippen LogP contribution in [0.2, 0.25) is 0 Å². The summed E-state index contributed by atoms with van der Waals surface area (Å²) in [4.78, 5) is 11.2. The summed E-state index contributed by atoms with van der Waals surface area (Å²) >= 11 is 3.43. The van der Waals surface area contributed by atoms with Crippen LogP contribution >= 0.6 is 15.9 Å². The number of carbonyl (C=O) groups is 1. The van der Waals surface area contributed by atoms with Crippen LogP contribution in [0.5, 0.6) is 5.75 Å². The first-order chi connectivity index (χ1) is 8.67. The van der Waals surface area contributed by atoms with Gasteiger partial charge in [-0.2, -0.15) is 0 Å². The van der Waals surface area contributed by atoms with E-state index >= 15 is 0 Å². The minimum Gasteiger partial charge on any atom is -0.496 e. The van der Waals surface area contributed by atoms with Gasteiger partial charge in [0, 0.05) is 36.1 Å². The summed E-state index contributed by atoms with van der Waals surface area (Å²) in [5, 5.41) is 6.00. The van der Waals surface area contributed by atoms with Crippen molar-refractivity contribution < 1.29 is 9.53 Å². The number of benzene rings is 1. The third kappa shape index (κ3) is 5.06. The number of hydrogen-bond donors (Lipinski definition) is 2. The van der Waals surface area contributed by atoms with Crippen LogP contribution in [0.25, 0.3) is 0 Å². The number of amides is 1. The molecule has 0 spiro atoms. The van der Waals surface area contributed by atoms with Gasteiger partial charge in [-0.05, 0) is 25.1 Å². The maximum atomic E-state index is 11.2. The van der Waals surface area contributed by atoms with Gasteiger partial charge >= 0.3 is 0 Å². The zero-order chi connectivity index (χ0) is 13.4. The number of hydrogen-bond acceptors (Lipinski definition) is 3. The predicted octanol–water partition coefficient (Wildman–Crippen LogP) is 2.07. The molecule has 2 N–H and O–H groups in total. The van der Waals surface area contributed by atoms with Gasteiger partial charge in [0.2, 0.25) is 5.91 Å². The second-order valence-corrected chi connectivity index (χ2v) is 4.75. The van der Waals surface area contributed by atoms with Gasteiger partial charge in [0.25, 0.3) is 0 Å². The Morgan fingerprint density at radius 1 is 1.44 bits per heavy atom. The molecule has 0 aliphatic heterocycles. The van der Waals surface area contributed by atoms with E-state index in [1.165, 1.54) is 0 Å². The maximum Gasteiger partial charge on any atom is 0.221 e. The molecule has 0 saturated heterocycles. The summed E-state index contributed by atoms with van der Waals surface area (Å²) in [5.41, 5.74) is 1.07. The predicted molar refractivity (Wildman–Crippen MR) is 75.7 cm³/mol. The molecule has 0 atom stereocenters. The van der Waals surface area contributed by atoms with E-state index in [4.69, 9.17) is 4.74 Å². The molecule has 100 valence electrons. The maximum absolute atomic E-state index is 11.2. The van der Waals surface area contributed by atoms with Gasteiger partial charge in [-0.3, -0.25) is 4.79 Å². The van der Waals surface area contributed by atoms with Crippen molar-refractivity contribution in [1.29, 1.82) is 0 Å². The normalized spacial score (nSPS) is 10.2. The lowest BCUT2D eigenvalue weighted by Gasteiger charge is -2.10. The first-order valence-corrected chi connectivity index (χ1v) is 6.76. The molecule has 0 aliphatic rings. The zero-order valence-electron chi connectivity index (χ0n) is 10.8. The third-order valence-corrected chi connectivity index (χ3v) is 2.95. The molecule has 0 heterocycles. The van der Waals surface area contributed by atoms with Gasteiger partial charge in [0.15, 0.2) is 0 Å². The van der Waals surface area contributed by atoms with Crippen LogP contribution < -0.4 is 15.4 Å². The highest BCUT2D eigenvalue weighted by molar-refractivity contribution is 9.10. The highest BCUT2D eigenvalue weighted by Crippen LogP contribution is 2.22. The molecular weight excluding hydrogens is 296 g/mol. The van der Waals surface area contributed by atoms with Crippen LogP contribution in [-0.4, -0.2) is 26.1 Å². The number of methoxy groups -OCH3 is 1. The van der Waals surface area contributed by atoms with Gasteiger partial charge in [0.05, 0.1) is 7.11 Å². The standard InChI is InChI=1S/C13H19BrN2O2/c1-3-16-13(17)6-7-15-9-10-8-11(14)4-5-12(10)18-2/h4-5,8,15H,3,6-7,9H2,1-2H3,(H,16,17). The molecule has 1 rings (SSSR count). The van der Waals surface area contributed by atoms with Gasteiger partial charge < -0.3 is 15.4 Å². The molecule has 4 nitrogen and oxygen atoms in total. The van der Waals surface area contributed by atoms with Crippen LogP contribution in [0, 0.1) is 0 Å². The van der Waals surface area contributed by atoms with Crippen molar-refractivity contribution in [2.24, 2.45) is 0 Å². The van der Waals surface area contributed by atoms with E-state index in [1.54, 1.807) is 7.11 Å². The summed E-state index contributed by atoms with van der Waals surface area (Å²) < 4.78 is 6.29. The zero-order valence-corrected chi connectivity index (χ0v) is 12.3. The lowest BCUT2D eigenvalue weighted by atomic mass is 10.2. The summed E-state index contributed by atoms with van der Waals surface area (Å²) in [5.74, 6) is 0.926. The fourth-order valence-electron chi connectivity index (χ4n) is 1.60. The van der Waals surface area contributed by atoms with Crippen LogP contribution in [0.1, 0.15) is 18.9 Å². The Morgan fingerprint density at radius 2 is 2.22 bits per heavy atom. The molecule has 1 aromatic carbocycles. The minimum atomic E-state index is 0.0752. The van der Waals surface area contributed by atoms with Crippen molar-refractivity contribution in [1.82, 2.24) is 10.6 Å². The molecule has 0 bridgehead atoms. The molecular formula is C13H19BrN2O2. The van der Waals surface area contributed by atoms with E-state index in [0.717, 1.165) is 15.8 Å². The Bertz CT molecular complexity index is 397. The Kier molecular flexibility index (Phi) is 6.75. The van der Waals surface area contributed by atoms with E-state index < -0.39 is 0 Å². The average molecular weight is 315 g/mol. The van der Waals surface area contributed by atoms with Crippen molar-refractivity contribution in [3.05, 3.63) is 28.2 Å². The molecule has 18 heavy (non-hydrogen) atoms. The Labute approximate surface area is 116 Å². The van der Waals surface area contributed by atoms with Crippen molar-refractivity contribution in [3.63, 3.8) is 0 Å². The Balaban J connectivity index is 2.39. The van der Waals surface area contributed by atoms with Crippen LogP contribution in [0.15, 0.2) is 22.7 Å². The van der Waals surface area contributed by atoms with E-state index in [2.05, 4.69) is 26.6 Å². The molecule has 0 saturated carbocycles. The molecule has 1 aromatic rings. The Morgan fingerprint density at radius 3 is 2.89 bits per heavy atom. The molecule has 5 heteroatoms. The lowest BCUT2D eigenvalue weighted by Crippen LogP contribution is -2.27. The van der Waals surface area contributed by atoms with Crippen LogP contribution in [-0.2, 0) is 11.3 Å². The topological polar surface area (TPSA) is 50.4 Å². The molecule has 0 aliphatic carbocycles. The first-order valence-electron chi connectivity index (χ1n) is 5.97. The molecule has 0 radical (unpaired) electrons. The summed E-state index contributed by atoms with van der Waals surface area (Å²) in [7, 11) is 1.65. The van der Waals surface area contributed by atoms with Crippen LogP contribution in [0.3, 0.4) is 0 Å². The van der Waals surface area contributed by atoms with E-state index in [1.807, 2.05) is 25.1 Å². The number of nitrogens with one attached hydrogen (secondary N) is 2. The van der Waals surface area contributed by atoms with E-state index in [-0.39, 0.29) is 5.91 Å². The van der Waals surface area contributed by atoms with Gasteiger partial charge in [-0.1, -0.05) is 15.9 Å². The molecule has 1 amide bonds. The fourth-order valence-corrected chi connectivity index (χ4v) is 2.00. The highest BCUT2D eigenvalue weighted by Gasteiger charge is 2.04. The number of halogens is 1. The van der Waals surface area contributed by atoms with E-state index in [9.17, 15) is 4.79 Å². The molecule has 0 unspecified atom stereocenters. The Hall–Kier alpha value is -1.07. The fraction of sp³-hybridized carbons (Fsp3) is 0.462. The smallest absolute Gasteiger partial charge is 0.221 e. The second kappa shape index (κ2) is 8.11. The van der Waals surface area contributed by atoms with E-state index in [0.29, 0.717) is 26.1 Å². The average Bonchev–Trinajstić information content (AvgIpc) is 2.35. The third-order valence-electron chi connectivity index (χ3n) is 2.46. The summed E-state index contributed by atoms with van der Waals surface area (Å²) in [6, 6.07) is 5.87. The van der Waals surface area contributed by atoms with Crippen molar-refractivity contribution in [2.45, 2.75) is 19.9 Å². The lowest BCUT2D eigenvalue weighted by molar-refractivity contribution is -0.120. The van der Waals surface area contributed by atoms with Gasteiger partial charge in [-0.15, -0.1) is 0 Å². The monoisotopic (exact) mass is 314 g/mol. The van der Waals surface area contributed by atoms with Crippen molar-refractivity contribution in [2.75, 3.05) is 20.2 Å². The quantitative estimate of drug-likeness (QED) is 0.758. The molecule has 0 aromatic heterocycles. The highest BCUT2D eigenvalue weighted by atomic mass is 79.9. The number of carbonyl (C=O) groups excluding carboxylic acids is 1. The number of rotatable bonds is 7. The SMILES string of the molecule is CCNC(=O)CCNCc1cc(Br)ccc1OC. The first kappa shape index (κ1) is 15.0. The van der Waals surface area contributed by atoms with Crippen molar-refractivity contribution >= 4 is 21.8 Å². The second-order valence-electron chi connectivity index (χ2n) is 3.84.